The number of ether oxygens (including phenoxy) is 8. The van der Waals surface area contributed by atoms with E-state index in [4.69, 9.17) is 42.4 Å². The molecule has 0 aromatic carbocycles. The molecule has 834 valence electrons. The number of hydrogen-bond acceptors (Lipinski definition) is 21. The highest BCUT2D eigenvalue weighted by Gasteiger charge is 2.54. The van der Waals surface area contributed by atoms with Gasteiger partial charge in [-0.3, -0.25) is 38.1 Å². The first-order valence-electron chi connectivity index (χ1n) is 59.6. The van der Waals surface area contributed by atoms with E-state index in [0.717, 1.165) is 244 Å². The number of amides is 2. The Morgan fingerprint density at radius 3 is 0.859 bits per heavy atom. The molecule has 142 heavy (non-hydrogen) atoms. The molecule has 10 unspecified atom stereocenters. The van der Waals surface area contributed by atoms with Crippen LogP contribution in [0.3, 0.4) is 0 Å². The number of phosphoric ester groups is 1. The maximum atomic E-state index is 15.2. The topological polar surface area (TPSA) is 365 Å². The first-order valence-corrected chi connectivity index (χ1v) is 61.1. The molecule has 0 radical (unpaired) electrons. The summed E-state index contributed by atoms with van der Waals surface area (Å²) in [6, 6.07) is -3.63. The summed E-state index contributed by atoms with van der Waals surface area (Å²) in [5, 5.41) is 53.5. The number of esters is 5. The zero-order valence-corrected chi connectivity index (χ0v) is 92.5. The van der Waals surface area contributed by atoms with Gasteiger partial charge in [-0.25, -0.2) is 4.57 Å². The summed E-state index contributed by atoms with van der Waals surface area (Å²) < 4.78 is 68.9. The summed E-state index contributed by atoms with van der Waals surface area (Å²) in [5.41, 5.74) is 0. The first-order chi connectivity index (χ1) is 69.1. The smallest absolute Gasteiger partial charge is 0.462 e. The van der Waals surface area contributed by atoms with Crippen molar-refractivity contribution in [3.8, 4) is 0 Å². The second kappa shape index (κ2) is 94.1. The summed E-state index contributed by atoms with van der Waals surface area (Å²) in [7, 11) is -5.69. The quantitative estimate of drug-likeness (QED) is 0.00922. The minimum atomic E-state index is -5.69. The van der Waals surface area contributed by atoms with E-state index in [1.54, 1.807) is 0 Å². The van der Waals surface area contributed by atoms with Crippen LogP contribution < -0.4 is 10.6 Å². The van der Waals surface area contributed by atoms with Crippen molar-refractivity contribution in [1.29, 1.82) is 0 Å². The molecule has 0 saturated carbocycles. The van der Waals surface area contributed by atoms with Gasteiger partial charge in [0.15, 0.2) is 24.8 Å². The van der Waals surface area contributed by atoms with Crippen LogP contribution in [0.4, 0.5) is 0 Å². The zero-order valence-electron chi connectivity index (χ0n) is 91.6. The van der Waals surface area contributed by atoms with Gasteiger partial charge in [-0.2, -0.15) is 0 Å². The maximum Gasteiger partial charge on any atom is 0.472 e. The second-order valence-electron chi connectivity index (χ2n) is 42.2. The summed E-state index contributed by atoms with van der Waals surface area (Å²) in [6.07, 6.45) is 61.9. The highest BCUT2D eigenvalue weighted by atomic mass is 31.2. The Labute approximate surface area is 865 Å². The van der Waals surface area contributed by atoms with Crippen molar-refractivity contribution in [2.75, 3.05) is 13.2 Å². The van der Waals surface area contributed by atoms with E-state index in [9.17, 15) is 58.8 Å². The lowest BCUT2D eigenvalue weighted by atomic mass is 9.95. The van der Waals surface area contributed by atoms with Crippen LogP contribution in [0.15, 0.2) is 12.2 Å². The van der Waals surface area contributed by atoms with Gasteiger partial charge in [-0.15, -0.1) is 0 Å². The lowest BCUT2D eigenvalue weighted by Crippen LogP contribution is -2.67. The molecule has 25 nitrogen and oxygen atoms in total. The standard InChI is InChI=1S/C116H217N2O23P/c1-8-15-22-29-36-43-46-49-52-59-66-73-80-87-104(123)134-97(84-77-70-63-56-40-33-26-19-12-5)91-102(121)117-109-113(140-108(127)93-99(86-79-72-65-58-42-35-28-21-14-7)136-106(125)89-82-75-68-61-54-51-48-45-38-31-24-17-10-3)111(128)100(94-119)137-115(109)133-95-101-112(129)114(139-107(126)90-96(120)83-76-69-62-55-39-32-25-18-11-4)110(116(138-101)141-142(130,131)132)118-103(122)92-98(85-78-71-64-57-41-34-27-20-13-6)135-105(124)88-81-74-67-60-53-50-47-44-37-30-23-16-9-2/h43,46,96-101,109-116,119-120,128-129H,8-42,44-45,47-95H2,1-7H3,(H,117,121)(H,118,122)(H2,130,131,132)/b46-43-/t96?,97?,98?,99?,100?,101?,109?,110?,111?,112-,113-,114-,115-,116?/m1/s1. The Hall–Kier alpha value is -4.14. The van der Waals surface area contributed by atoms with E-state index in [0.29, 0.717) is 64.2 Å². The number of allylic oxidation sites excluding steroid dienone is 2. The molecule has 2 rings (SSSR count). The van der Waals surface area contributed by atoms with Crippen molar-refractivity contribution in [3.05, 3.63) is 12.2 Å². The van der Waals surface area contributed by atoms with E-state index in [2.05, 4.69) is 71.3 Å². The molecule has 0 aromatic rings. The summed E-state index contributed by atoms with van der Waals surface area (Å²) in [5.74, 6) is -4.99. The molecule has 2 amide bonds. The van der Waals surface area contributed by atoms with Crippen LogP contribution in [-0.4, -0.2) is 171 Å². The zero-order chi connectivity index (χ0) is 104. The fourth-order valence-electron chi connectivity index (χ4n) is 19.7. The Morgan fingerprint density at radius 2 is 0.556 bits per heavy atom. The highest BCUT2D eigenvalue weighted by Crippen LogP contribution is 2.42. The molecule has 2 heterocycles. The predicted octanol–water partition coefficient (Wildman–Crippen LogP) is 28.6. The van der Waals surface area contributed by atoms with E-state index in [1.165, 1.54) is 180 Å². The van der Waals surface area contributed by atoms with Gasteiger partial charge in [0.1, 0.15) is 54.8 Å². The monoisotopic (exact) mass is 2040 g/mol. The van der Waals surface area contributed by atoms with Crippen LogP contribution in [0.1, 0.15) is 588 Å². The number of carbonyl (C=O) groups excluding carboxylic acids is 7. The van der Waals surface area contributed by atoms with Gasteiger partial charge < -0.3 is 78.7 Å². The van der Waals surface area contributed by atoms with Gasteiger partial charge in [-0.1, -0.05) is 465 Å². The van der Waals surface area contributed by atoms with E-state index < -0.39 is 174 Å². The van der Waals surface area contributed by atoms with Crippen LogP contribution in [0.25, 0.3) is 0 Å². The van der Waals surface area contributed by atoms with Crippen molar-refractivity contribution in [2.24, 2.45) is 0 Å². The molecule has 2 fully saturated rings. The Kier molecular flexibility index (Phi) is 88.7. The summed E-state index contributed by atoms with van der Waals surface area (Å²) in [4.78, 5) is 123. The molecule has 0 aliphatic carbocycles. The first kappa shape index (κ1) is 134. The number of aliphatic hydroxyl groups is 4. The van der Waals surface area contributed by atoms with Crippen molar-refractivity contribution >= 4 is 49.5 Å². The minimum Gasteiger partial charge on any atom is -0.462 e. The minimum absolute atomic E-state index is 0.126. The van der Waals surface area contributed by atoms with Crippen molar-refractivity contribution in [2.45, 2.75) is 674 Å². The number of nitrogens with one attached hydrogen (secondary N) is 2. The average molecular weight is 2040 g/mol. The van der Waals surface area contributed by atoms with Gasteiger partial charge >= 0.3 is 37.7 Å². The third-order valence-electron chi connectivity index (χ3n) is 28.5. The fraction of sp³-hybridized carbons (Fsp3) is 0.922. The normalized spacial score (nSPS) is 19.1. The van der Waals surface area contributed by atoms with Gasteiger partial charge in [0, 0.05) is 19.3 Å². The number of phosphoric acid groups is 1. The lowest BCUT2D eigenvalue weighted by Gasteiger charge is -2.46. The van der Waals surface area contributed by atoms with Crippen LogP contribution in [0.5, 0.6) is 0 Å². The van der Waals surface area contributed by atoms with Gasteiger partial charge in [0.05, 0.1) is 45.0 Å². The number of rotatable bonds is 102. The van der Waals surface area contributed by atoms with Gasteiger partial charge in [0.25, 0.3) is 0 Å². The third kappa shape index (κ3) is 75.5. The molecular weight excluding hydrogens is 1820 g/mol. The van der Waals surface area contributed by atoms with Crippen molar-refractivity contribution in [1.82, 2.24) is 10.6 Å². The molecule has 2 saturated heterocycles. The lowest BCUT2D eigenvalue weighted by molar-refractivity contribution is -0.298. The highest BCUT2D eigenvalue weighted by molar-refractivity contribution is 7.46. The third-order valence-corrected chi connectivity index (χ3v) is 29.0. The fourth-order valence-corrected chi connectivity index (χ4v) is 20.1. The van der Waals surface area contributed by atoms with Crippen LogP contribution in [0.2, 0.25) is 0 Å². The molecule has 0 aromatic heterocycles. The molecular formula is C116H217N2O23P. The maximum absolute atomic E-state index is 15.2. The van der Waals surface area contributed by atoms with Crippen molar-refractivity contribution in [3.63, 3.8) is 0 Å². The Bertz CT molecular complexity index is 3050. The Morgan fingerprint density at radius 1 is 0.310 bits per heavy atom. The average Bonchev–Trinajstić information content (AvgIpc) is 0.784. The molecule has 0 spiro atoms. The van der Waals surface area contributed by atoms with E-state index in [1.807, 2.05) is 0 Å². The van der Waals surface area contributed by atoms with Gasteiger partial charge in [0.2, 0.25) is 11.8 Å². The predicted molar refractivity (Wildman–Crippen MR) is 571 cm³/mol. The summed E-state index contributed by atoms with van der Waals surface area (Å²) in [6.45, 7) is 13.6. The van der Waals surface area contributed by atoms with Crippen LogP contribution >= 0.6 is 7.82 Å². The molecule has 2 aliphatic heterocycles. The summed E-state index contributed by atoms with van der Waals surface area (Å²) >= 11 is 0. The molecule has 0 bridgehead atoms. The van der Waals surface area contributed by atoms with E-state index >= 15 is 9.59 Å². The number of carbonyl (C=O) groups is 7. The SMILES string of the molecule is CCCCCC/C=C\CCCCCCCC(=O)OC(CCCCCCCCCCC)CC(=O)NC1[C@H](OCC2OC(OP(=O)(O)O)C(NC(=O)CC(CCCCCCCCCCC)OC(=O)CCCCCCCCCCCCCCC)[C@@H](OC(=O)CC(O)CCCCCCCCCCC)[C@@H]2O)OC(CO)C(O)[C@@H]1OC(=O)CC(CCCCCCCCCCC)OC(=O)CCCCCCCCCCCCCCC. The molecule has 26 heteroatoms. The molecule has 8 N–H and O–H groups in total. The van der Waals surface area contributed by atoms with Crippen LogP contribution in [-0.2, 0) is 80.5 Å². The number of aliphatic hydroxyl groups excluding tert-OH is 4. The van der Waals surface area contributed by atoms with Crippen LogP contribution in [0, 0.1) is 0 Å². The van der Waals surface area contributed by atoms with Crippen molar-refractivity contribution < 1.29 is 111 Å². The largest absolute Gasteiger partial charge is 0.472 e. The molecule has 14 atom stereocenters. The van der Waals surface area contributed by atoms with Gasteiger partial charge in [-0.05, 0) is 89.9 Å². The van der Waals surface area contributed by atoms with E-state index in [-0.39, 0.29) is 25.7 Å². The Balaban J connectivity index is 2.82. The number of hydrogen-bond donors (Lipinski definition) is 8. The number of unbranched alkanes of at least 4 members (excludes halogenated alkanes) is 65. The second-order valence-corrected chi connectivity index (χ2v) is 43.4. The molecule has 2 aliphatic rings.